The Labute approximate surface area is 196 Å². The largest absolute Gasteiger partial charge is 0.444 e. The van der Waals surface area contributed by atoms with Gasteiger partial charge in [0.05, 0.1) is 0 Å². The van der Waals surface area contributed by atoms with Crippen molar-refractivity contribution >= 4 is 23.6 Å². The Hall–Kier alpha value is -3.35. The summed E-state index contributed by atoms with van der Waals surface area (Å²) in [6.07, 6.45) is -0.681. The molecule has 2 aromatic rings. The number of likely N-dealkylation sites (N-methyl/N-ethyl adjacent to an activating group) is 1. The fourth-order valence-corrected chi connectivity index (χ4v) is 3.49. The molecule has 0 spiro atoms. The number of anilines is 1. The van der Waals surface area contributed by atoms with Gasteiger partial charge in [-0.3, -0.25) is 9.59 Å². The summed E-state index contributed by atoms with van der Waals surface area (Å²) in [6, 6.07) is 12.5. The first-order valence-corrected chi connectivity index (χ1v) is 11.1. The molecule has 0 fully saturated rings. The van der Waals surface area contributed by atoms with Gasteiger partial charge in [0, 0.05) is 12.2 Å². The Balaban J connectivity index is 2.35. The van der Waals surface area contributed by atoms with Gasteiger partial charge in [0.1, 0.15) is 18.2 Å². The number of alkyl carbamates (subject to hydrolysis) is 1. The molecule has 0 radical (unpaired) electrons. The number of nitrogens with one attached hydrogen (secondary N) is 2. The summed E-state index contributed by atoms with van der Waals surface area (Å²) in [5.74, 6) is -0.695. The first-order valence-electron chi connectivity index (χ1n) is 11.1. The molecule has 2 rings (SSSR count). The van der Waals surface area contributed by atoms with E-state index in [1.807, 2.05) is 70.2 Å². The van der Waals surface area contributed by atoms with Crippen LogP contribution in [-0.2, 0) is 14.3 Å². The Kier molecular flexibility index (Phi) is 8.63. The maximum Gasteiger partial charge on any atom is 0.408 e. The highest BCUT2D eigenvalue weighted by Gasteiger charge is 2.32. The van der Waals surface area contributed by atoms with Crippen molar-refractivity contribution in [2.75, 3.05) is 18.4 Å². The number of benzene rings is 2. The lowest BCUT2D eigenvalue weighted by molar-refractivity contribution is -0.138. The Morgan fingerprint density at radius 1 is 1.00 bits per heavy atom. The molecule has 7 nitrogen and oxygen atoms in total. The van der Waals surface area contributed by atoms with Crippen molar-refractivity contribution in [2.24, 2.45) is 0 Å². The van der Waals surface area contributed by atoms with Gasteiger partial charge in [-0.1, -0.05) is 42.0 Å². The number of aryl methyl sites for hydroxylation is 3. The van der Waals surface area contributed by atoms with Crippen molar-refractivity contribution < 1.29 is 19.1 Å². The maximum absolute atomic E-state index is 13.5. The minimum atomic E-state index is -0.859. The number of para-hydroxylation sites is 1. The van der Waals surface area contributed by atoms with Crippen LogP contribution in [0.1, 0.15) is 56.0 Å². The Morgan fingerprint density at radius 2 is 1.67 bits per heavy atom. The van der Waals surface area contributed by atoms with Crippen molar-refractivity contribution in [1.82, 2.24) is 10.2 Å². The molecule has 0 bridgehead atoms. The van der Waals surface area contributed by atoms with Gasteiger partial charge < -0.3 is 20.3 Å². The van der Waals surface area contributed by atoms with Crippen molar-refractivity contribution in [2.45, 2.75) is 60.1 Å². The molecule has 0 saturated carbocycles. The minimum Gasteiger partial charge on any atom is -0.444 e. The zero-order chi connectivity index (χ0) is 24.8. The van der Waals surface area contributed by atoms with Crippen LogP contribution >= 0.6 is 0 Å². The van der Waals surface area contributed by atoms with Crippen molar-refractivity contribution in [3.8, 4) is 0 Å². The van der Waals surface area contributed by atoms with Crippen LogP contribution < -0.4 is 10.6 Å². The van der Waals surface area contributed by atoms with Gasteiger partial charge in [-0.25, -0.2) is 4.79 Å². The van der Waals surface area contributed by atoms with E-state index in [-0.39, 0.29) is 24.9 Å². The first-order chi connectivity index (χ1) is 15.4. The summed E-state index contributed by atoms with van der Waals surface area (Å²) in [5, 5.41) is 5.48. The third-order valence-corrected chi connectivity index (χ3v) is 5.14. The number of carbonyl (C=O) groups excluding carboxylic acids is 3. The van der Waals surface area contributed by atoms with Crippen LogP contribution in [0.4, 0.5) is 10.5 Å². The highest BCUT2D eigenvalue weighted by atomic mass is 16.6. The predicted molar refractivity (Wildman–Crippen MR) is 130 cm³/mol. The van der Waals surface area contributed by atoms with Gasteiger partial charge in [0.15, 0.2) is 0 Å². The van der Waals surface area contributed by atoms with Crippen molar-refractivity contribution in [1.29, 1.82) is 0 Å². The van der Waals surface area contributed by atoms with Gasteiger partial charge in [-0.15, -0.1) is 0 Å². The summed E-state index contributed by atoms with van der Waals surface area (Å²) >= 11 is 0. The Morgan fingerprint density at radius 3 is 2.27 bits per heavy atom. The topological polar surface area (TPSA) is 87.7 Å². The van der Waals surface area contributed by atoms with E-state index < -0.39 is 17.7 Å². The third kappa shape index (κ3) is 7.34. The number of carbonyl (C=O) groups is 3. The average molecular weight is 454 g/mol. The molecule has 0 heterocycles. The van der Waals surface area contributed by atoms with Crippen LogP contribution in [0, 0.1) is 20.8 Å². The lowest BCUT2D eigenvalue weighted by Gasteiger charge is -2.32. The van der Waals surface area contributed by atoms with Crippen LogP contribution in [0.3, 0.4) is 0 Å². The molecule has 33 heavy (non-hydrogen) atoms. The average Bonchev–Trinajstić information content (AvgIpc) is 2.72. The second kappa shape index (κ2) is 11.0. The predicted octanol–water partition coefficient (Wildman–Crippen LogP) is 4.66. The molecule has 7 heteroatoms. The smallest absolute Gasteiger partial charge is 0.408 e. The molecule has 1 atom stereocenters. The zero-order valence-electron chi connectivity index (χ0n) is 20.6. The van der Waals surface area contributed by atoms with Crippen molar-refractivity contribution in [3.63, 3.8) is 0 Å². The van der Waals surface area contributed by atoms with Crippen LogP contribution in [0.2, 0.25) is 0 Å². The first kappa shape index (κ1) is 25.9. The van der Waals surface area contributed by atoms with Gasteiger partial charge in [0.2, 0.25) is 5.91 Å². The molecule has 0 aromatic heterocycles. The second-order valence-corrected chi connectivity index (χ2v) is 9.10. The molecule has 0 saturated heterocycles. The summed E-state index contributed by atoms with van der Waals surface area (Å²) in [7, 11) is 0. The zero-order valence-corrected chi connectivity index (χ0v) is 20.6. The molecule has 2 N–H and O–H groups in total. The normalized spacial score (nSPS) is 12.0. The summed E-state index contributed by atoms with van der Waals surface area (Å²) in [6.45, 7) is 12.8. The van der Waals surface area contributed by atoms with Gasteiger partial charge in [-0.2, -0.15) is 0 Å². The molecule has 3 amide bonds. The lowest BCUT2D eigenvalue weighted by Crippen LogP contribution is -2.46. The van der Waals surface area contributed by atoms with Crippen LogP contribution in [0.25, 0.3) is 0 Å². The quantitative estimate of drug-likeness (QED) is 0.638. The second-order valence-electron chi connectivity index (χ2n) is 9.10. The molecule has 0 aliphatic carbocycles. The lowest BCUT2D eigenvalue weighted by atomic mass is 9.96. The van der Waals surface area contributed by atoms with Crippen LogP contribution in [0.15, 0.2) is 42.5 Å². The monoisotopic (exact) mass is 453 g/mol. The number of hydrogen-bond acceptors (Lipinski definition) is 4. The van der Waals surface area contributed by atoms with E-state index >= 15 is 0 Å². The molecule has 0 aliphatic heterocycles. The molecule has 0 aliphatic rings. The number of nitrogens with zero attached hydrogens (tertiary/aromatic N) is 1. The summed E-state index contributed by atoms with van der Waals surface area (Å²) < 4.78 is 5.22. The van der Waals surface area contributed by atoms with Gasteiger partial charge in [-0.05, 0) is 71.2 Å². The number of rotatable bonds is 7. The fraction of sp³-hybridized carbons (Fsp3) is 0.423. The van der Waals surface area contributed by atoms with Crippen molar-refractivity contribution in [3.05, 3.63) is 64.7 Å². The minimum absolute atomic E-state index is 0.276. The Bertz CT molecular complexity index is 1010. The van der Waals surface area contributed by atoms with Crippen LogP contribution in [-0.4, -0.2) is 41.5 Å². The number of amides is 3. The standard InChI is InChI=1S/C26H35N3O4/c1-8-29(22(30)16-27-25(32)33-26(5,6)7)23(20-15-17(2)13-14-18(20)3)24(31)28-21-12-10-9-11-19(21)4/h9-15,23H,8,16H2,1-7H3,(H,27,32)(H,28,31). The summed E-state index contributed by atoms with van der Waals surface area (Å²) in [4.78, 5) is 40.2. The maximum atomic E-state index is 13.5. The van der Waals surface area contributed by atoms with E-state index in [9.17, 15) is 14.4 Å². The molecule has 2 aromatic carbocycles. The number of ether oxygens (including phenoxy) is 1. The highest BCUT2D eigenvalue weighted by Crippen LogP contribution is 2.27. The molecule has 178 valence electrons. The number of hydrogen-bond donors (Lipinski definition) is 2. The van der Waals surface area contributed by atoms with Gasteiger partial charge in [0.25, 0.3) is 5.91 Å². The molecular weight excluding hydrogens is 418 g/mol. The molecule has 1 unspecified atom stereocenters. The van der Waals surface area contributed by atoms with E-state index in [2.05, 4.69) is 10.6 Å². The van der Waals surface area contributed by atoms with E-state index in [0.29, 0.717) is 5.69 Å². The summed E-state index contributed by atoms with van der Waals surface area (Å²) in [5.41, 5.74) is 3.57. The van der Waals surface area contributed by atoms with E-state index in [0.717, 1.165) is 22.3 Å². The molecular formula is C26H35N3O4. The van der Waals surface area contributed by atoms with E-state index in [4.69, 9.17) is 4.74 Å². The van der Waals surface area contributed by atoms with Gasteiger partial charge >= 0.3 is 6.09 Å². The van der Waals surface area contributed by atoms with Crippen LogP contribution in [0.5, 0.6) is 0 Å². The fourth-order valence-electron chi connectivity index (χ4n) is 3.49. The van der Waals surface area contributed by atoms with E-state index in [1.54, 1.807) is 20.8 Å². The third-order valence-electron chi connectivity index (χ3n) is 5.14. The van der Waals surface area contributed by atoms with E-state index in [1.165, 1.54) is 4.90 Å². The highest BCUT2D eigenvalue weighted by molar-refractivity contribution is 5.99. The SMILES string of the molecule is CCN(C(=O)CNC(=O)OC(C)(C)C)C(C(=O)Nc1ccccc1C)c1cc(C)ccc1C.